The van der Waals surface area contributed by atoms with Gasteiger partial charge in [-0.05, 0) is 43.7 Å². The average Bonchev–Trinajstić information content (AvgIpc) is 2.43. The van der Waals surface area contributed by atoms with E-state index in [9.17, 15) is 13.2 Å². The lowest BCUT2D eigenvalue weighted by Crippen LogP contribution is -2.07. The smallest absolute Gasteiger partial charge is 0.309 e. The molecule has 0 aromatic heterocycles. The molecule has 122 valence electrons. The Morgan fingerprint density at radius 3 is 2.41 bits per heavy atom. The number of ether oxygens (including phenoxy) is 1. The van der Waals surface area contributed by atoms with E-state index < -0.39 is 10.1 Å². The molecule has 0 unspecified atom stereocenters. The SMILES string of the molecule is CCOC(=O)CCO/N=C(\C)c1ccc(OS(C)(=O)=O)cc1. The lowest BCUT2D eigenvalue weighted by molar-refractivity contribution is -0.144. The van der Waals surface area contributed by atoms with Gasteiger partial charge in [-0.15, -0.1) is 0 Å². The van der Waals surface area contributed by atoms with Crippen LogP contribution in [0.2, 0.25) is 0 Å². The predicted octanol–water partition coefficient (Wildman–Crippen LogP) is 1.72. The Labute approximate surface area is 130 Å². The summed E-state index contributed by atoms with van der Waals surface area (Å²) in [5.74, 6) is -0.111. The number of carbonyl (C=O) groups excluding carboxylic acids is 1. The van der Waals surface area contributed by atoms with Crippen LogP contribution in [-0.4, -0.2) is 39.6 Å². The van der Waals surface area contributed by atoms with Crippen LogP contribution in [0.15, 0.2) is 29.4 Å². The summed E-state index contributed by atoms with van der Waals surface area (Å²) in [4.78, 5) is 16.1. The standard InChI is InChI=1S/C14H19NO6S/c1-4-19-14(16)9-10-20-15-11(2)12-5-7-13(8-6-12)21-22(3,17)18/h5-8H,4,9-10H2,1-3H3/b15-11+. The Balaban J connectivity index is 2.53. The highest BCUT2D eigenvalue weighted by atomic mass is 32.2. The molecule has 0 saturated heterocycles. The van der Waals surface area contributed by atoms with E-state index in [1.165, 1.54) is 12.1 Å². The molecule has 0 atom stereocenters. The van der Waals surface area contributed by atoms with Crippen molar-refractivity contribution in [3.8, 4) is 5.75 Å². The van der Waals surface area contributed by atoms with E-state index in [2.05, 4.69) is 5.16 Å². The zero-order valence-corrected chi connectivity index (χ0v) is 13.6. The molecular weight excluding hydrogens is 310 g/mol. The Hall–Kier alpha value is -2.09. The van der Waals surface area contributed by atoms with E-state index in [1.807, 2.05) is 0 Å². The van der Waals surface area contributed by atoms with Crippen LogP contribution >= 0.6 is 0 Å². The molecule has 8 heteroatoms. The van der Waals surface area contributed by atoms with E-state index in [0.717, 1.165) is 11.8 Å². The normalized spacial score (nSPS) is 11.9. The molecule has 1 rings (SSSR count). The first-order valence-corrected chi connectivity index (χ1v) is 8.45. The molecule has 0 N–H and O–H groups in total. The number of carbonyl (C=O) groups is 1. The lowest BCUT2D eigenvalue weighted by Gasteiger charge is -2.05. The van der Waals surface area contributed by atoms with Gasteiger partial charge in [0.25, 0.3) is 0 Å². The largest absolute Gasteiger partial charge is 0.466 e. The van der Waals surface area contributed by atoms with Gasteiger partial charge in [0, 0.05) is 0 Å². The van der Waals surface area contributed by atoms with Crippen LogP contribution in [0.1, 0.15) is 25.8 Å². The first kappa shape index (κ1) is 18.0. The summed E-state index contributed by atoms with van der Waals surface area (Å²) in [6.45, 7) is 3.93. The molecule has 0 bridgehead atoms. The second-order valence-electron chi connectivity index (χ2n) is 4.38. The van der Waals surface area contributed by atoms with Crippen molar-refractivity contribution in [2.45, 2.75) is 20.3 Å². The number of esters is 1. The predicted molar refractivity (Wildman–Crippen MR) is 81.3 cm³/mol. The van der Waals surface area contributed by atoms with E-state index in [0.29, 0.717) is 12.3 Å². The Bertz CT molecular complexity index is 621. The summed E-state index contributed by atoms with van der Waals surface area (Å²) in [7, 11) is -3.54. The summed E-state index contributed by atoms with van der Waals surface area (Å²) in [5.41, 5.74) is 1.34. The molecule has 0 radical (unpaired) electrons. The third-order valence-electron chi connectivity index (χ3n) is 2.42. The third-order valence-corrected chi connectivity index (χ3v) is 2.92. The number of nitrogens with zero attached hydrogens (tertiary/aromatic N) is 1. The Kier molecular flexibility index (Phi) is 6.84. The molecule has 0 aliphatic rings. The van der Waals surface area contributed by atoms with Gasteiger partial charge in [-0.2, -0.15) is 8.42 Å². The number of oxime groups is 1. The summed E-state index contributed by atoms with van der Waals surface area (Å²) in [5, 5.41) is 3.88. The van der Waals surface area contributed by atoms with Crippen molar-refractivity contribution >= 4 is 21.8 Å². The highest BCUT2D eigenvalue weighted by molar-refractivity contribution is 7.86. The fourth-order valence-corrected chi connectivity index (χ4v) is 1.94. The summed E-state index contributed by atoms with van der Waals surface area (Å²) >= 11 is 0. The molecule has 0 heterocycles. The number of rotatable bonds is 8. The van der Waals surface area contributed by atoms with Crippen molar-refractivity contribution < 1.29 is 27.0 Å². The number of hydrogen-bond acceptors (Lipinski definition) is 7. The maximum Gasteiger partial charge on any atom is 0.309 e. The van der Waals surface area contributed by atoms with Crippen molar-refractivity contribution in [2.75, 3.05) is 19.5 Å². The van der Waals surface area contributed by atoms with Crippen LogP contribution in [0.5, 0.6) is 5.75 Å². The van der Waals surface area contributed by atoms with Gasteiger partial charge in [-0.25, -0.2) is 0 Å². The van der Waals surface area contributed by atoms with E-state index >= 15 is 0 Å². The first-order chi connectivity index (χ1) is 10.3. The Morgan fingerprint density at radius 2 is 1.86 bits per heavy atom. The van der Waals surface area contributed by atoms with Gasteiger partial charge in [0.2, 0.25) is 0 Å². The lowest BCUT2D eigenvalue weighted by atomic mass is 10.1. The zero-order valence-electron chi connectivity index (χ0n) is 12.7. The van der Waals surface area contributed by atoms with Gasteiger partial charge in [-0.3, -0.25) is 4.79 Å². The van der Waals surface area contributed by atoms with Crippen LogP contribution in [0.25, 0.3) is 0 Å². The number of benzene rings is 1. The molecule has 0 aliphatic carbocycles. The van der Waals surface area contributed by atoms with Gasteiger partial charge in [0.1, 0.15) is 12.4 Å². The van der Waals surface area contributed by atoms with Crippen LogP contribution in [0, 0.1) is 0 Å². The van der Waals surface area contributed by atoms with Crippen molar-refractivity contribution in [1.29, 1.82) is 0 Å². The quantitative estimate of drug-likeness (QED) is 0.237. The molecule has 0 aliphatic heterocycles. The van der Waals surface area contributed by atoms with Crippen LogP contribution in [0.3, 0.4) is 0 Å². The third kappa shape index (κ3) is 7.07. The van der Waals surface area contributed by atoms with Crippen molar-refractivity contribution in [2.24, 2.45) is 5.16 Å². The van der Waals surface area contributed by atoms with Gasteiger partial charge in [0.15, 0.2) is 0 Å². The van der Waals surface area contributed by atoms with Gasteiger partial charge < -0.3 is 13.8 Å². The molecule has 7 nitrogen and oxygen atoms in total. The molecule has 22 heavy (non-hydrogen) atoms. The number of hydrogen-bond donors (Lipinski definition) is 0. The average molecular weight is 329 g/mol. The second kappa shape index (κ2) is 8.38. The minimum atomic E-state index is -3.54. The highest BCUT2D eigenvalue weighted by Crippen LogP contribution is 2.14. The Morgan fingerprint density at radius 1 is 1.23 bits per heavy atom. The fourth-order valence-electron chi connectivity index (χ4n) is 1.48. The topological polar surface area (TPSA) is 91.3 Å². The van der Waals surface area contributed by atoms with Gasteiger partial charge >= 0.3 is 16.1 Å². The van der Waals surface area contributed by atoms with Crippen molar-refractivity contribution in [1.82, 2.24) is 0 Å². The molecular formula is C14H19NO6S. The maximum absolute atomic E-state index is 11.1. The van der Waals surface area contributed by atoms with Crippen molar-refractivity contribution in [3.05, 3.63) is 29.8 Å². The second-order valence-corrected chi connectivity index (χ2v) is 5.95. The molecule has 1 aromatic rings. The van der Waals surface area contributed by atoms with Crippen LogP contribution in [0.4, 0.5) is 0 Å². The maximum atomic E-state index is 11.1. The van der Waals surface area contributed by atoms with E-state index in [-0.39, 0.29) is 24.7 Å². The molecule has 0 fully saturated rings. The summed E-state index contributed by atoms with van der Waals surface area (Å²) in [6.07, 6.45) is 1.11. The van der Waals surface area contributed by atoms with Crippen LogP contribution < -0.4 is 4.18 Å². The summed E-state index contributed by atoms with van der Waals surface area (Å²) < 4.78 is 31.5. The fraction of sp³-hybridized carbons (Fsp3) is 0.429. The van der Waals surface area contributed by atoms with Crippen molar-refractivity contribution in [3.63, 3.8) is 0 Å². The van der Waals surface area contributed by atoms with Crippen LogP contribution in [-0.2, 0) is 24.5 Å². The molecule has 0 amide bonds. The monoisotopic (exact) mass is 329 g/mol. The zero-order chi connectivity index (χ0) is 16.6. The molecule has 0 saturated carbocycles. The first-order valence-electron chi connectivity index (χ1n) is 6.64. The van der Waals surface area contributed by atoms with Gasteiger partial charge in [-0.1, -0.05) is 5.16 Å². The van der Waals surface area contributed by atoms with E-state index in [1.54, 1.807) is 26.0 Å². The minimum absolute atomic E-state index is 0.130. The minimum Gasteiger partial charge on any atom is -0.466 e. The summed E-state index contributed by atoms with van der Waals surface area (Å²) in [6, 6.07) is 6.37. The molecule has 0 spiro atoms. The highest BCUT2D eigenvalue weighted by Gasteiger charge is 2.05. The molecule has 1 aromatic carbocycles. The van der Waals surface area contributed by atoms with Gasteiger partial charge in [0.05, 0.1) is 25.0 Å². The van der Waals surface area contributed by atoms with E-state index in [4.69, 9.17) is 13.8 Å².